The van der Waals surface area contributed by atoms with Gasteiger partial charge in [0.25, 0.3) is 0 Å². The van der Waals surface area contributed by atoms with E-state index in [0.717, 1.165) is 80.3 Å². The summed E-state index contributed by atoms with van der Waals surface area (Å²) in [5.41, 5.74) is 2.21. The van der Waals surface area contributed by atoms with Gasteiger partial charge < -0.3 is 19.3 Å². The SMILES string of the molecule is COc1ccc(Cc2nccc(CCC3CCN(C(C)=O)CC3)n2)cc1OC(C)CCN1CCCC1. The van der Waals surface area contributed by atoms with E-state index < -0.39 is 0 Å². The average molecular weight is 495 g/mol. The number of likely N-dealkylation sites (tertiary alicyclic amines) is 2. The lowest BCUT2D eigenvalue weighted by atomic mass is 9.91. The Morgan fingerprint density at radius 2 is 1.89 bits per heavy atom. The van der Waals surface area contributed by atoms with Crippen LogP contribution in [0.4, 0.5) is 0 Å². The molecule has 2 saturated heterocycles. The molecule has 0 radical (unpaired) electrons. The van der Waals surface area contributed by atoms with E-state index in [0.29, 0.717) is 12.3 Å². The molecule has 36 heavy (non-hydrogen) atoms. The molecule has 1 unspecified atom stereocenters. The number of nitrogens with zero attached hydrogens (tertiary/aromatic N) is 4. The molecule has 1 aromatic heterocycles. The number of carbonyl (C=O) groups excluding carboxylic acids is 1. The summed E-state index contributed by atoms with van der Waals surface area (Å²) in [7, 11) is 1.69. The second-order valence-corrected chi connectivity index (χ2v) is 10.4. The molecular weight excluding hydrogens is 452 g/mol. The first kappa shape index (κ1) is 26.4. The zero-order valence-electron chi connectivity index (χ0n) is 22.2. The van der Waals surface area contributed by atoms with Crippen LogP contribution >= 0.6 is 0 Å². The molecule has 1 amide bonds. The maximum absolute atomic E-state index is 11.6. The Bertz CT molecular complexity index is 984. The van der Waals surface area contributed by atoms with Gasteiger partial charge in [0, 0.05) is 44.9 Å². The molecule has 2 aromatic rings. The first-order chi connectivity index (χ1) is 17.5. The molecule has 0 saturated carbocycles. The third-order valence-electron chi connectivity index (χ3n) is 7.60. The highest BCUT2D eigenvalue weighted by Crippen LogP contribution is 2.30. The Morgan fingerprint density at radius 3 is 2.61 bits per heavy atom. The zero-order chi connectivity index (χ0) is 25.3. The van der Waals surface area contributed by atoms with Crippen LogP contribution in [0, 0.1) is 5.92 Å². The number of aryl methyl sites for hydroxylation is 1. The van der Waals surface area contributed by atoms with Crippen molar-refractivity contribution in [2.45, 2.75) is 71.3 Å². The Morgan fingerprint density at radius 1 is 1.11 bits per heavy atom. The number of rotatable bonds is 11. The second kappa shape index (κ2) is 13.0. The van der Waals surface area contributed by atoms with E-state index in [9.17, 15) is 4.79 Å². The van der Waals surface area contributed by atoms with Gasteiger partial charge in [-0.25, -0.2) is 9.97 Å². The van der Waals surface area contributed by atoms with Crippen LogP contribution in [0.25, 0.3) is 0 Å². The first-order valence-corrected chi connectivity index (χ1v) is 13.6. The summed E-state index contributed by atoms with van der Waals surface area (Å²) in [6, 6.07) is 8.15. The summed E-state index contributed by atoms with van der Waals surface area (Å²) in [5.74, 6) is 3.23. The number of piperidine rings is 1. The van der Waals surface area contributed by atoms with Crippen LogP contribution in [0.1, 0.15) is 69.5 Å². The van der Waals surface area contributed by atoms with E-state index in [1.54, 1.807) is 14.0 Å². The highest BCUT2D eigenvalue weighted by atomic mass is 16.5. The van der Waals surface area contributed by atoms with E-state index in [4.69, 9.17) is 14.5 Å². The van der Waals surface area contributed by atoms with Crippen molar-refractivity contribution in [3.8, 4) is 11.5 Å². The second-order valence-electron chi connectivity index (χ2n) is 10.4. The third-order valence-corrected chi connectivity index (χ3v) is 7.60. The lowest BCUT2D eigenvalue weighted by Gasteiger charge is -2.31. The van der Waals surface area contributed by atoms with Gasteiger partial charge in [0.05, 0.1) is 13.2 Å². The fraction of sp³-hybridized carbons (Fsp3) is 0.621. The smallest absolute Gasteiger partial charge is 0.219 e. The van der Waals surface area contributed by atoms with E-state index in [2.05, 4.69) is 28.9 Å². The molecule has 0 bridgehead atoms. The van der Waals surface area contributed by atoms with Crippen molar-refractivity contribution in [3.63, 3.8) is 0 Å². The summed E-state index contributed by atoms with van der Waals surface area (Å²) in [4.78, 5) is 25.4. The number of aromatic nitrogens is 2. The summed E-state index contributed by atoms with van der Waals surface area (Å²) in [5, 5.41) is 0. The standard InChI is InChI=1S/C29H42N4O3/c1-22(11-17-32-15-4-5-16-32)36-28-20-25(7-9-27(28)35-3)21-29-30-14-10-26(31-29)8-6-24-12-18-33(19-13-24)23(2)34/h7,9-10,14,20,22,24H,4-6,8,11-13,15-19,21H2,1-3H3. The van der Waals surface area contributed by atoms with Gasteiger partial charge in [-0.05, 0) is 94.6 Å². The Kier molecular flexibility index (Phi) is 9.56. The van der Waals surface area contributed by atoms with Crippen LogP contribution in [-0.4, -0.2) is 71.6 Å². The third kappa shape index (κ3) is 7.66. The molecule has 7 heteroatoms. The molecule has 0 aliphatic carbocycles. The van der Waals surface area contributed by atoms with Crippen LogP contribution in [0.2, 0.25) is 0 Å². The van der Waals surface area contributed by atoms with E-state index in [1.165, 1.54) is 25.9 Å². The van der Waals surface area contributed by atoms with Crippen LogP contribution < -0.4 is 9.47 Å². The summed E-state index contributed by atoms with van der Waals surface area (Å²) < 4.78 is 11.9. The van der Waals surface area contributed by atoms with Crippen molar-refractivity contribution in [2.24, 2.45) is 5.92 Å². The lowest BCUT2D eigenvalue weighted by Crippen LogP contribution is -2.37. The van der Waals surface area contributed by atoms with Crippen LogP contribution in [0.5, 0.6) is 11.5 Å². The average Bonchev–Trinajstić information content (AvgIpc) is 3.41. The number of ether oxygens (including phenoxy) is 2. The fourth-order valence-corrected chi connectivity index (χ4v) is 5.31. The number of carbonyl (C=O) groups is 1. The number of benzene rings is 1. The monoisotopic (exact) mass is 494 g/mol. The molecule has 3 heterocycles. The highest BCUT2D eigenvalue weighted by molar-refractivity contribution is 5.73. The molecule has 2 aliphatic rings. The Hall–Kier alpha value is -2.67. The Balaban J connectivity index is 1.31. The highest BCUT2D eigenvalue weighted by Gasteiger charge is 2.21. The van der Waals surface area contributed by atoms with Crippen molar-refractivity contribution in [1.29, 1.82) is 0 Å². The maximum Gasteiger partial charge on any atom is 0.219 e. The van der Waals surface area contributed by atoms with Gasteiger partial charge in [-0.1, -0.05) is 6.07 Å². The maximum atomic E-state index is 11.6. The molecule has 2 aliphatic heterocycles. The van der Waals surface area contributed by atoms with E-state index in [-0.39, 0.29) is 12.0 Å². The van der Waals surface area contributed by atoms with Crippen LogP contribution in [0.3, 0.4) is 0 Å². The number of amides is 1. The quantitative estimate of drug-likeness (QED) is 0.458. The van der Waals surface area contributed by atoms with Gasteiger partial charge in [-0.3, -0.25) is 4.79 Å². The summed E-state index contributed by atoms with van der Waals surface area (Å²) >= 11 is 0. The van der Waals surface area contributed by atoms with Crippen molar-refractivity contribution < 1.29 is 14.3 Å². The van der Waals surface area contributed by atoms with Crippen LogP contribution in [0.15, 0.2) is 30.5 Å². The minimum atomic E-state index is 0.122. The van der Waals surface area contributed by atoms with Crippen LogP contribution in [-0.2, 0) is 17.6 Å². The molecule has 1 aromatic carbocycles. The minimum absolute atomic E-state index is 0.122. The van der Waals surface area contributed by atoms with Gasteiger partial charge in [0.2, 0.25) is 5.91 Å². The van der Waals surface area contributed by atoms with Gasteiger partial charge in [-0.2, -0.15) is 0 Å². The topological polar surface area (TPSA) is 67.8 Å². The van der Waals surface area contributed by atoms with E-state index >= 15 is 0 Å². The molecular formula is C29H42N4O3. The molecule has 1 atom stereocenters. The number of hydrogen-bond acceptors (Lipinski definition) is 6. The molecule has 7 nitrogen and oxygen atoms in total. The minimum Gasteiger partial charge on any atom is -0.493 e. The largest absolute Gasteiger partial charge is 0.493 e. The Labute approximate surface area is 216 Å². The summed E-state index contributed by atoms with van der Waals surface area (Å²) in [6.07, 6.45) is 10.5. The van der Waals surface area contributed by atoms with Crippen molar-refractivity contribution in [2.75, 3.05) is 39.8 Å². The number of hydrogen-bond donors (Lipinski definition) is 0. The first-order valence-electron chi connectivity index (χ1n) is 13.6. The van der Waals surface area contributed by atoms with Crippen molar-refractivity contribution >= 4 is 5.91 Å². The number of methoxy groups -OCH3 is 1. The zero-order valence-corrected chi connectivity index (χ0v) is 22.2. The molecule has 0 N–H and O–H groups in total. The van der Waals surface area contributed by atoms with Gasteiger partial charge in [0.1, 0.15) is 5.82 Å². The summed E-state index contributed by atoms with van der Waals surface area (Å²) in [6.45, 7) is 9.07. The fourth-order valence-electron chi connectivity index (χ4n) is 5.31. The van der Waals surface area contributed by atoms with E-state index in [1.807, 2.05) is 23.2 Å². The molecule has 0 spiro atoms. The molecule has 4 rings (SSSR count). The molecule has 196 valence electrons. The normalized spacial score (nSPS) is 17.8. The lowest BCUT2D eigenvalue weighted by molar-refractivity contribution is -0.130. The van der Waals surface area contributed by atoms with Gasteiger partial charge in [0.15, 0.2) is 11.5 Å². The van der Waals surface area contributed by atoms with Gasteiger partial charge >= 0.3 is 0 Å². The van der Waals surface area contributed by atoms with Crippen molar-refractivity contribution in [3.05, 3.63) is 47.5 Å². The predicted molar refractivity (Wildman–Crippen MR) is 142 cm³/mol. The predicted octanol–water partition coefficient (Wildman–Crippen LogP) is 4.52. The van der Waals surface area contributed by atoms with Gasteiger partial charge in [-0.15, -0.1) is 0 Å². The van der Waals surface area contributed by atoms with Crippen molar-refractivity contribution in [1.82, 2.24) is 19.8 Å². The molecule has 2 fully saturated rings.